The molecule has 6 heterocycles. The summed E-state index contributed by atoms with van der Waals surface area (Å²) in [7, 11) is 0. The van der Waals surface area contributed by atoms with Crippen molar-refractivity contribution < 1.29 is 9.18 Å². The largest absolute Gasteiger partial charge is 0.352 e. The molecule has 7 rings (SSSR count). The molecule has 0 aromatic carbocycles. The lowest BCUT2D eigenvalue weighted by Gasteiger charge is -2.20. The van der Waals surface area contributed by atoms with Crippen LogP contribution in [0.25, 0.3) is 54.9 Å². The van der Waals surface area contributed by atoms with Crippen molar-refractivity contribution in [2.75, 3.05) is 5.32 Å². The van der Waals surface area contributed by atoms with E-state index in [1.807, 2.05) is 18.2 Å². The van der Waals surface area contributed by atoms with Crippen molar-refractivity contribution in [1.29, 1.82) is 0 Å². The molecule has 1 fully saturated rings. The Bertz CT molecular complexity index is 1850. The number of hydrogen-bond acceptors (Lipinski definition) is 6. The van der Waals surface area contributed by atoms with Crippen LogP contribution < -0.4 is 5.32 Å². The van der Waals surface area contributed by atoms with E-state index in [1.165, 1.54) is 25.3 Å². The van der Waals surface area contributed by atoms with E-state index in [0.29, 0.717) is 29.4 Å². The highest BCUT2D eigenvalue weighted by Crippen LogP contribution is 2.36. The second-order valence-corrected chi connectivity index (χ2v) is 11.4. The highest BCUT2D eigenvalue weighted by atomic mass is 32.1. The van der Waals surface area contributed by atoms with Gasteiger partial charge in [-0.25, -0.2) is 4.98 Å². The Morgan fingerprint density at radius 1 is 0.975 bits per heavy atom. The van der Waals surface area contributed by atoms with Crippen molar-refractivity contribution in [1.82, 2.24) is 30.1 Å². The minimum absolute atomic E-state index is 0.0366. The fraction of sp³-hybridized carbons (Fsp3) is 0.233. The molecule has 40 heavy (non-hydrogen) atoms. The number of amides is 1. The van der Waals surface area contributed by atoms with E-state index >= 15 is 0 Å². The number of carbonyl (C=O) groups is 1. The lowest BCUT2D eigenvalue weighted by Crippen LogP contribution is -2.18. The lowest BCUT2D eigenvalue weighted by molar-refractivity contribution is -0.117. The van der Waals surface area contributed by atoms with Gasteiger partial charge in [-0.05, 0) is 49.1 Å². The van der Waals surface area contributed by atoms with E-state index in [0.717, 1.165) is 67.7 Å². The Hall–Kier alpha value is -4.44. The number of halogens is 1. The topological polar surface area (TPSA) is 112 Å². The Balaban J connectivity index is 1.19. The van der Waals surface area contributed by atoms with Gasteiger partial charge in [0.2, 0.25) is 5.91 Å². The van der Waals surface area contributed by atoms with Gasteiger partial charge in [-0.3, -0.25) is 19.9 Å². The maximum absolute atomic E-state index is 13.7. The van der Waals surface area contributed by atoms with Gasteiger partial charge in [0, 0.05) is 57.4 Å². The summed E-state index contributed by atoms with van der Waals surface area (Å²) in [6, 6.07) is 9.19. The Kier molecular flexibility index (Phi) is 6.31. The number of nitrogens with zero attached hydrogens (tertiary/aromatic N) is 4. The lowest BCUT2D eigenvalue weighted by atomic mass is 9.87. The fourth-order valence-electron chi connectivity index (χ4n) is 5.63. The van der Waals surface area contributed by atoms with E-state index in [4.69, 9.17) is 0 Å². The molecule has 6 aromatic heterocycles. The number of aromatic amines is 2. The molecule has 0 bridgehead atoms. The van der Waals surface area contributed by atoms with Gasteiger partial charge in [0.15, 0.2) is 10.8 Å². The summed E-state index contributed by atoms with van der Waals surface area (Å²) in [5.41, 5.74) is 6.25. The van der Waals surface area contributed by atoms with Gasteiger partial charge in [-0.15, -0.1) is 11.3 Å². The molecule has 0 unspecified atom stereocenters. The van der Waals surface area contributed by atoms with Crippen molar-refractivity contribution >= 4 is 44.9 Å². The van der Waals surface area contributed by atoms with Gasteiger partial charge < -0.3 is 10.3 Å². The van der Waals surface area contributed by atoms with Crippen molar-refractivity contribution in [2.45, 2.75) is 38.5 Å². The molecule has 6 aromatic rings. The summed E-state index contributed by atoms with van der Waals surface area (Å²) in [5, 5.41) is 12.1. The first kappa shape index (κ1) is 24.6. The van der Waals surface area contributed by atoms with Crippen molar-refractivity contribution in [3.05, 3.63) is 66.4 Å². The minimum atomic E-state index is -0.234. The average molecular weight is 552 g/mol. The molecule has 3 N–H and O–H groups in total. The standard InChI is InChI=1S/C30H26FN7OS/c31-27-7-6-26(40-27)23-15-33-16-25-21(23)11-24(36-25)29-22-10-19(13-34-30(22)38-37-29)18-9-20(14-32-12-18)35-28(39)8-17-4-2-1-3-5-17/h6-7,9-17,36H,1-5,8H2,(H,35,39)(H,34,37,38). The highest BCUT2D eigenvalue weighted by molar-refractivity contribution is 7.14. The van der Waals surface area contributed by atoms with Crippen LogP contribution in [0.1, 0.15) is 38.5 Å². The first-order chi connectivity index (χ1) is 19.6. The summed E-state index contributed by atoms with van der Waals surface area (Å²) >= 11 is 1.09. The Morgan fingerprint density at radius 3 is 2.67 bits per heavy atom. The normalized spacial score (nSPS) is 14.2. The molecule has 0 saturated heterocycles. The van der Waals surface area contributed by atoms with E-state index in [-0.39, 0.29) is 11.0 Å². The average Bonchev–Trinajstić information content (AvgIpc) is 3.71. The van der Waals surface area contributed by atoms with Crippen LogP contribution in [0.5, 0.6) is 0 Å². The second-order valence-electron chi connectivity index (χ2n) is 10.3. The molecule has 1 amide bonds. The molecule has 10 heteroatoms. The van der Waals surface area contributed by atoms with E-state index in [1.54, 1.807) is 37.1 Å². The quantitative estimate of drug-likeness (QED) is 0.200. The predicted molar refractivity (Wildman–Crippen MR) is 155 cm³/mol. The van der Waals surface area contributed by atoms with Crippen LogP contribution in [0.15, 0.2) is 61.3 Å². The molecule has 200 valence electrons. The maximum atomic E-state index is 13.7. The Labute approximate surface area is 233 Å². The molecule has 1 saturated carbocycles. The smallest absolute Gasteiger partial charge is 0.224 e. The van der Waals surface area contributed by atoms with E-state index < -0.39 is 0 Å². The Morgan fingerprint density at radius 2 is 1.82 bits per heavy atom. The number of aromatic nitrogens is 6. The number of carbonyl (C=O) groups excluding carboxylic acids is 1. The summed E-state index contributed by atoms with van der Waals surface area (Å²) < 4.78 is 13.7. The summed E-state index contributed by atoms with van der Waals surface area (Å²) in [6.07, 6.45) is 15.2. The minimum Gasteiger partial charge on any atom is -0.352 e. The molecule has 0 spiro atoms. The molecule has 0 atom stereocenters. The molecule has 1 aliphatic carbocycles. The van der Waals surface area contributed by atoms with Gasteiger partial charge in [0.05, 0.1) is 29.3 Å². The van der Waals surface area contributed by atoms with Crippen molar-refractivity contribution in [3.63, 3.8) is 0 Å². The van der Waals surface area contributed by atoms with Gasteiger partial charge in [0.1, 0.15) is 5.69 Å². The second kappa shape index (κ2) is 10.3. The first-order valence-electron chi connectivity index (χ1n) is 13.4. The van der Waals surface area contributed by atoms with Crippen LogP contribution in [0.2, 0.25) is 0 Å². The SMILES string of the molecule is O=C(CC1CCCCC1)Nc1cncc(-c2cnc3[nH]nc(-c4cc5c(-c6ccc(F)s6)cncc5[nH]4)c3c2)c1. The third-order valence-corrected chi connectivity index (χ3v) is 8.52. The number of H-pyrrole nitrogens is 2. The van der Waals surface area contributed by atoms with Gasteiger partial charge >= 0.3 is 0 Å². The van der Waals surface area contributed by atoms with Crippen molar-refractivity contribution in [3.8, 4) is 33.0 Å². The highest BCUT2D eigenvalue weighted by Gasteiger charge is 2.18. The zero-order valence-corrected chi connectivity index (χ0v) is 22.4. The van der Waals surface area contributed by atoms with E-state index in [9.17, 15) is 9.18 Å². The van der Waals surface area contributed by atoms with Gasteiger partial charge in [-0.2, -0.15) is 9.49 Å². The molecule has 1 aliphatic rings. The van der Waals surface area contributed by atoms with Gasteiger partial charge in [-0.1, -0.05) is 19.3 Å². The van der Waals surface area contributed by atoms with E-state index in [2.05, 4.69) is 35.5 Å². The molecular weight excluding hydrogens is 525 g/mol. The zero-order chi connectivity index (χ0) is 27.1. The number of rotatable bonds is 6. The number of hydrogen-bond donors (Lipinski definition) is 3. The summed E-state index contributed by atoms with van der Waals surface area (Å²) in [6.45, 7) is 0. The molecular formula is C30H26FN7OS. The molecule has 0 radical (unpaired) electrons. The molecule has 8 nitrogen and oxygen atoms in total. The number of thiophene rings is 1. The van der Waals surface area contributed by atoms with Crippen LogP contribution in [0.3, 0.4) is 0 Å². The zero-order valence-electron chi connectivity index (χ0n) is 21.6. The third-order valence-electron chi connectivity index (χ3n) is 7.61. The first-order valence-corrected chi connectivity index (χ1v) is 14.2. The van der Waals surface area contributed by atoms with Crippen LogP contribution in [-0.4, -0.2) is 36.0 Å². The maximum Gasteiger partial charge on any atom is 0.224 e. The van der Waals surface area contributed by atoms with Crippen LogP contribution in [0.4, 0.5) is 10.1 Å². The van der Waals surface area contributed by atoms with Gasteiger partial charge in [0.25, 0.3) is 0 Å². The number of pyridine rings is 3. The number of anilines is 1. The summed E-state index contributed by atoms with van der Waals surface area (Å²) in [4.78, 5) is 30.2. The monoisotopic (exact) mass is 551 g/mol. The van der Waals surface area contributed by atoms with Crippen LogP contribution >= 0.6 is 11.3 Å². The van der Waals surface area contributed by atoms with Crippen molar-refractivity contribution in [2.24, 2.45) is 5.92 Å². The predicted octanol–water partition coefficient (Wildman–Crippen LogP) is 7.34. The number of nitrogens with one attached hydrogen (secondary N) is 3. The van der Waals surface area contributed by atoms with Crippen LogP contribution in [-0.2, 0) is 4.79 Å². The fourth-order valence-corrected chi connectivity index (χ4v) is 6.39. The third kappa shape index (κ3) is 4.75. The van der Waals surface area contributed by atoms with Crippen LogP contribution in [0, 0.1) is 11.0 Å². The number of fused-ring (bicyclic) bond motifs is 2. The summed E-state index contributed by atoms with van der Waals surface area (Å²) in [5.74, 6) is 0.508. The molecule has 0 aliphatic heterocycles.